The molecule has 0 heterocycles. The highest BCUT2D eigenvalue weighted by Crippen LogP contribution is 1.81. The van der Waals surface area contributed by atoms with Gasteiger partial charge in [0.2, 0.25) is 0 Å². The van der Waals surface area contributed by atoms with Crippen molar-refractivity contribution in [2.75, 3.05) is 0 Å². The minimum absolute atomic E-state index is 0.770. The normalized spacial score (nSPS) is 13.0. The number of allylic oxidation sites excluding steroid dienone is 2. The average molecular weight is 108 g/mol. The minimum atomic E-state index is -0.770. The van der Waals surface area contributed by atoms with Crippen molar-refractivity contribution in [3.8, 4) is 12.3 Å². The van der Waals surface area contributed by atoms with Gasteiger partial charge in [-0.3, -0.25) is 0 Å². The van der Waals surface area contributed by atoms with E-state index in [2.05, 4.69) is 12.5 Å². The molecule has 1 unspecified atom stereocenters. The van der Waals surface area contributed by atoms with E-state index in [4.69, 9.17) is 11.5 Å². The maximum atomic E-state index is 8.62. The van der Waals surface area contributed by atoms with Gasteiger partial charge in [-0.2, -0.15) is 0 Å². The molecule has 0 radical (unpaired) electrons. The third kappa shape index (κ3) is 3.20. The molecule has 0 aliphatic heterocycles. The van der Waals surface area contributed by atoms with Crippen LogP contribution in [0, 0.1) is 12.3 Å². The Morgan fingerprint density at radius 1 is 1.75 bits per heavy atom. The van der Waals surface area contributed by atoms with Crippen molar-refractivity contribution in [2.24, 2.45) is 0 Å². The molecule has 1 heteroatoms. The van der Waals surface area contributed by atoms with Gasteiger partial charge in [0.25, 0.3) is 0 Å². The molecule has 0 aromatic carbocycles. The monoisotopic (exact) mass is 108 g/mol. The summed E-state index contributed by atoms with van der Waals surface area (Å²) in [6, 6.07) is 0. The van der Waals surface area contributed by atoms with Crippen LogP contribution in [0.4, 0.5) is 0 Å². The highest BCUT2D eigenvalue weighted by Gasteiger charge is 1.84. The van der Waals surface area contributed by atoms with Crippen molar-refractivity contribution in [3.63, 3.8) is 0 Å². The van der Waals surface area contributed by atoms with Crippen LogP contribution in [0.3, 0.4) is 0 Å². The van der Waals surface area contributed by atoms with Gasteiger partial charge >= 0.3 is 0 Å². The van der Waals surface area contributed by atoms with E-state index in [9.17, 15) is 0 Å². The first kappa shape index (κ1) is 7.00. The standard InChI is InChI=1S/C7H8O/c1-3-5-6-7(8)4-2/h2-3,5-8H,1H2/b6-5+. The molecule has 0 aliphatic rings. The molecule has 1 N–H and O–H groups in total. The molecule has 0 bridgehead atoms. The summed E-state index contributed by atoms with van der Waals surface area (Å²) in [4.78, 5) is 0. The zero-order valence-electron chi connectivity index (χ0n) is 4.54. The maximum Gasteiger partial charge on any atom is 0.133 e. The predicted octanol–water partition coefficient (Wildman–Crippen LogP) is 0.723. The molecule has 1 nitrogen and oxygen atoms in total. The summed E-state index contributed by atoms with van der Waals surface area (Å²) in [5.41, 5.74) is 0. The maximum absolute atomic E-state index is 8.62. The van der Waals surface area contributed by atoms with Gasteiger partial charge in [-0.25, -0.2) is 0 Å². The smallest absolute Gasteiger partial charge is 0.133 e. The number of rotatable bonds is 2. The zero-order chi connectivity index (χ0) is 6.41. The Balaban J connectivity index is 3.56. The Morgan fingerprint density at radius 3 is 2.75 bits per heavy atom. The van der Waals surface area contributed by atoms with E-state index in [0.29, 0.717) is 0 Å². The number of terminal acetylenes is 1. The van der Waals surface area contributed by atoms with Crippen LogP contribution in [0.15, 0.2) is 24.8 Å². The van der Waals surface area contributed by atoms with Crippen LogP contribution >= 0.6 is 0 Å². The van der Waals surface area contributed by atoms with E-state index in [-0.39, 0.29) is 0 Å². The van der Waals surface area contributed by atoms with Gasteiger partial charge in [-0.05, 0) is 6.08 Å². The van der Waals surface area contributed by atoms with Crippen molar-refractivity contribution in [2.45, 2.75) is 6.10 Å². The molecule has 0 aromatic heterocycles. The Bertz CT molecular complexity index is 128. The van der Waals surface area contributed by atoms with Crippen LogP contribution in [0.1, 0.15) is 0 Å². The summed E-state index contributed by atoms with van der Waals surface area (Å²) in [5, 5.41) is 8.62. The van der Waals surface area contributed by atoms with Gasteiger partial charge in [-0.15, -0.1) is 6.42 Å². The van der Waals surface area contributed by atoms with Crippen LogP contribution in [-0.2, 0) is 0 Å². The van der Waals surface area contributed by atoms with E-state index in [1.807, 2.05) is 0 Å². The van der Waals surface area contributed by atoms with Gasteiger partial charge in [0.05, 0.1) is 0 Å². The Hall–Kier alpha value is -1.00. The molecule has 0 aliphatic carbocycles. The quantitative estimate of drug-likeness (QED) is 0.408. The van der Waals surface area contributed by atoms with Gasteiger partial charge in [0, 0.05) is 0 Å². The molecule has 8 heavy (non-hydrogen) atoms. The predicted molar refractivity (Wildman–Crippen MR) is 34.2 cm³/mol. The van der Waals surface area contributed by atoms with Gasteiger partial charge in [0.15, 0.2) is 0 Å². The summed E-state index contributed by atoms with van der Waals surface area (Å²) in [6.45, 7) is 3.40. The Morgan fingerprint density at radius 2 is 2.38 bits per heavy atom. The van der Waals surface area contributed by atoms with Crippen LogP contribution in [-0.4, -0.2) is 11.2 Å². The molecular weight excluding hydrogens is 100 g/mol. The topological polar surface area (TPSA) is 20.2 Å². The molecule has 0 amide bonds. The lowest BCUT2D eigenvalue weighted by Crippen LogP contribution is -1.94. The highest BCUT2D eigenvalue weighted by molar-refractivity contribution is 5.10. The number of hydrogen-bond donors (Lipinski definition) is 1. The lowest BCUT2D eigenvalue weighted by atomic mass is 10.3. The fraction of sp³-hybridized carbons (Fsp3) is 0.143. The number of aliphatic hydroxyl groups excluding tert-OH is 1. The lowest BCUT2D eigenvalue weighted by Gasteiger charge is -1.87. The molecular formula is C7H8O. The lowest BCUT2D eigenvalue weighted by molar-refractivity contribution is 0.281. The summed E-state index contributed by atoms with van der Waals surface area (Å²) >= 11 is 0. The van der Waals surface area contributed by atoms with E-state index in [0.717, 1.165) is 0 Å². The van der Waals surface area contributed by atoms with E-state index in [1.165, 1.54) is 6.08 Å². The van der Waals surface area contributed by atoms with E-state index >= 15 is 0 Å². The first-order valence-electron chi connectivity index (χ1n) is 2.24. The molecule has 0 rings (SSSR count). The second kappa shape index (κ2) is 4.17. The van der Waals surface area contributed by atoms with Gasteiger partial charge in [-0.1, -0.05) is 24.7 Å². The van der Waals surface area contributed by atoms with Crippen molar-refractivity contribution in [1.82, 2.24) is 0 Å². The van der Waals surface area contributed by atoms with Crippen LogP contribution in [0.2, 0.25) is 0 Å². The van der Waals surface area contributed by atoms with Crippen molar-refractivity contribution in [3.05, 3.63) is 24.8 Å². The number of aliphatic hydroxyl groups is 1. The number of hydrogen-bond acceptors (Lipinski definition) is 1. The van der Waals surface area contributed by atoms with Crippen LogP contribution in [0.5, 0.6) is 0 Å². The first-order chi connectivity index (χ1) is 3.81. The fourth-order valence-corrected chi connectivity index (χ4v) is 0.239. The molecule has 1 atom stereocenters. The summed E-state index contributed by atoms with van der Waals surface area (Å²) < 4.78 is 0. The van der Waals surface area contributed by atoms with Crippen molar-refractivity contribution >= 4 is 0 Å². The minimum Gasteiger partial charge on any atom is -0.377 e. The molecule has 0 saturated carbocycles. The van der Waals surface area contributed by atoms with Crippen molar-refractivity contribution < 1.29 is 5.11 Å². The largest absolute Gasteiger partial charge is 0.377 e. The van der Waals surface area contributed by atoms with Crippen LogP contribution < -0.4 is 0 Å². The second-order valence-corrected chi connectivity index (χ2v) is 1.23. The summed E-state index contributed by atoms with van der Waals surface area (Å²) in [6.07, 6.45) is 8.69. The molecule has 0 saturated heterocycles. The fourth-order valence-electron chi connectivity index (χ4n) is 0.239. The zero-order valence-corrected chi connectivity index (χ0v) is 4.54. The second-order valence-electron chi connectivity index (χ2n) is 1.23. The average Bonchev–Trinajstić information content (AvgIpc) is 1.83. The highest BCUT2D eigenvalue weighted by atomic mass is 16.3. The van der Waals surface area contributed by atoms with E-state index in [1.54, 1.807) is 12.2 Å². The summed E-state index contributed by atoms with van der Waals surface area (Å²) in [7, 11) is 0. The summed E-state index contributed by atoms with van der Waals surface area (Å²) in [5.74, 6) is 2.12. The molecule has 0 aromatic rings. The van der Waals surface area contributed by atoms with Gasteiger partial charge < -0.3 is 5.11 Å². The van der Waals surface area contributed by atoms with Gasteiger partial charge in [0.1, 0.15) is 6.10 Å². The van der Waals surface area contributed by atoms with E-state index < -0.39 is 6.10 Å². The first-order valence-corrected chi connectivity index (χ1v) is 2.24. The molecule has 42 valence electrons. The Kier molecular flexibility index (Phi) is 3.65. The molecule has 0 fully saturated rings. The third-order valence-electron chi connectivity index (χ3n) is 0.600. The third-order valence-corrected chi connectivity index (χ3v) is 0.600. The van der Waals surface area contributed by atoms with Crippen molar-refractivity contribution in [1.29, 1.82) is 0 Å². The Labute approximate surface area is 49.3 Å². The SMILES string of the molecule is C#CC(O)/C=C/C=C. The molecule has 0 spiro atoms. The van der Waals surface area contributed by atoms with Crippen LogP contribution in [0.25, 0.3) is 0 Å².